The van der Waals surface area contributed by atoms with Crippen LogP contribution in [0.15, 0.2) is 35.7 Å². The first-order chi connectivity index (χ1) is 13.8. The Kier molecular flexibility index (Phi) is 5.74. The normalized spacial score (nSPS) is 13.8. The molecule has 1 saturated heterocycles. The summed E-state index contributed by atoms with van der Waals surface area (Å²) in [6.45, 7) is 1.18. The number of hydrogen-bond donors (Lipinski definition) is 1. The van der Waals surface area contributed by atoms with Crippen LogP contribution in [-0.2, 0) is 19.1 Å². The minimum atomic E-state index is -1.07. The van der Waals surface area contributed by atoms with Crippen LogP contribution in [0.3, 0.4) is 0 Å². The molecule has 29 heavy (non-hydrogen) atoms. The van der Waals surface area contributed by atoms with Crippen molar-refractivity contribution in [3.05, 3.63) is 41.3 Å². The summed E-state index contributed by atoms with van der Waals surface area (Å²) in [6, 6.07) is 8.23. The fourth-order valence-electron chi connectivity index (χ4n) is 2.75. The lowest BCUT2D eigenvalue weighted by molar-refractivity contribution is -0.143. The van der Waals surface area contributed by atoms with Crippen LogP contribution in [0.2, 0.25) is 0 Å². The monoisotopic (exact) mass is 415 g/mol. The van der Waals surface area contributed by atoms with E-state index in [1.807, 2.05) is 30.3 Å². The Bertz CT molecular complexity index is 1000. The Labute approximate surface area is 169 Å². The zero-order valence-corrected chi connectivity index (χ0v) is 16.4. The van der Waals surface area contributed by atoms with Crippen molar-refractivity contribution in [2.75, 3.05) is 25.5 Å². The van der Waals surface area contributed by atoms with Crippen LogP contribution >= 0.6 is 11.3 Å². The molecule has 1 aromatic heterocycles. The number of carbonyl (C=O) groups excluding carboxylic acids is 5. The van der Waals surface area contributed by atoms with Gasteiger partial charge in [0.1, 0.15) is 17.1 Å². The number of ether oxygens (including phenoxy) is 1. The summed E-state index contributed by atoms with van der Waals surface area (Å²) in [5.74, 6) is -3.40. The second-order valence-corrected chi connectivity index (χ2v) is 6.91. The third-order valence-corrected chi connectivity index (χ3v) is 5.06. The second-order valence-electron chi connectivity index (χ2n) is 6.03. The van der Waals surface area contributed by atoms with E-state index in [1.54, 1.807) is 12.3 Å². The van der Waals surface area contributed by atoms with Gasteiger partial charge in [-0.05, 0) is 12.5 Å². The van der Waals surface area contributed by atoms with Gasteiger partial charge in [-0.25, -0.2) is 14.5 Å². The topological polar surface area (TPSA) is 113 Å². The number of rotatable bonds is 6. The predicted molar refractivity (Wildman–Crippen MR) is 104 cm³/mol. The number of anilines is 1. The number of nitrogens with zero attached hydrogens (tertiary/aromatic N) is 2. The molecule has 1 fully saturated rings. The number of thiophene rings is 1. The van der Waals surface area contributed by atoms with Crippen molar-refractivity contribution < 1.29 is 28.7 Å². The number of imide groups is 2. The van der Waals surface area contributed by atoms with Gasteiger partial charge in [0.05, 0.1) is 6.61 Å². The fourth-order valence-corrected chi connectivity index (χ4v) is 3.72. The van der Waals surface area contributed by atoms with Gasteiger partial charge in [-0.1, -0.05) is 30.3 Å². The largest absolute Gasteiger partial charge is 0.462 e. The number of nitrogens with one attached hydrogen (secondary N) is 1. The molecule has 1 N–H and O–H groups in total. The molecule has 1 aliphatic rings. The average Bonchev–Trinajstić information content (AvgIpc) is 3.20. The molecule has 0 saturated carbocycles. The maximum absolute atomic E-state index is 12.5. The van der Waals surface area contributed by atoms with Crippen LogP contribution in [0.4, 0.5) is 9.80 Å². The van der Waals surface area contributed by atoms with Crippen LogP contribution in [0.1, 0.15) is 17.3 Å². The van der Waals surface area contributed by atoms with Crippen molar-refractivity contribution in [1.82, 2.24) is 9.80 Å². The van der Waals surface area contributed by atoms with Crippen LogP contribution in [0.5, 0.6) is 0 Å². The number of likely N-dealkylation sites (N-methyl/N-ethyl adjacent to an activating group) is 1. The number of hydrogen-bond acceptors (Lipinski definition) is 7. The highest BCUT2D eigenvalue weighted by Crippen LogP contribution is 2.36. The van der Waals surface area contributed by atoms with Crippen LogP contribution < -0.4 is 5.32 Å². The molecule has 10 heteroatoms. The van der Waals surface area contributed by atoms with Gasteiger partial charge < -0.3 is 10.1 Å². The van der Waals surface area contributed by atoms with E-state index in [1.165, 1.54) is 0 Å². The molecule has 0 unspecified atom stereocenters. The smallest absolute Gasteiger partial charge is 0.341 e. The van der Waals surface area contributed by atoms with E-state index in [-0.39, 0.29) is 17.2 Å². The van der Waals surface area contributed by atoms with Crippen LogP contribution in [-0.4, -0.2) is 59.7 Å². The number of esters is 1. The van der Waals surface area contributed by atoms with E-state index in [2.05, 4.69) is 5.32 Å². The SMILES string of the molecule is CCOC(=O)c1c(-c2ccccc2)csc1NC(=O)CN1C(=O)C(=O)N(C)C1=O. The number of benzene rings is 1. The summed E-state index contributed by atoms with van der Waals surface area (Å²) in [7, 11) is 1.16. The van der Waals surface area contributed by atoms with Crippen molar-refractivity contribution in [2.45, 2.75) is 6.92 Å². The van der Waals surface area contributed by atoms with Crippen LogP contribution in [0.25, 0.3) is 11.1 Å². The number of urea groups is 1. The summed E-state index contributed by atoms with van der Waals surface area (Å²) in [6.07, 6.45) is 0. The van der Waals surface area contributed by atoms with E-state index in [9.17, 15) is 24.0 Å². The van der Waals surface area contributed by atoms with Crippen molar-refractivity contribution in [2.24, 2.45) is 0 Å². The first kappa shape index (κ1) is 20.2. The molecular weight excluding hydrogens is 398 g/mol. The zero-order valence-electron chi connectivity index (χ0n) is 15.6. The van der Waals surface area contributed by atoms with Gasteiger partial charge in [0.15, 0.2) is 0 Å². The van der Waals surface area contributed by atoms with Gasteiger partial charge in [0.2, 0.25) is 5.91 Å². The molecule has 2 heterocycles. The second kappa shape index (κ2) is 8.23. The van der Waals surface area contributed by atoms with E-state index in [0.29, 0.717) is 15.4 Å². The highest BCUT2D eigenvalue weighted by molar-refractivity contribution is 7.15. The average molecular weight is 415 g/mol. The quantitative estimate of drug-likeness (QED) is 0.438. The predicted octanol–water partition coefficient (Wildman–Crippen LogP) is 1.95. The maximum atomic E-state index is 12.5. The Morgan fingerprint density at radius 1 is 1.10 bits per heavy atom. The minimum absolute atomic E-state index is 0.154. The minimum Gasteiger partial charge on any atom is -0.462 e. The molecule has 9 nitrogen and oxygen atoms in total. The Morgan fingerprint density at radius 2 is 1.79 bits per heavy atom. The summed E-state index contributed by atoms with van der Waals surface area (Å²) in [5, 5.41) is 4.48. The lowest BCUT2D eigenvalue weighted by Gasteiger charge is -2.13. The van der Waals surface area contributed by atoms with Gasteiger partial charge >= 0.3 is 23.8 Å². The van der Waals surface area contributed by atoms with E-state index in [4.69, 9.17) is 4.74 Å². The molecule has 3 rings (SSSR count). The Hall–Kier alpha value is -3.53. The lowest BCUT2D eigenvalue weighted by atomic mass is 10.0. The molecule has 0 aliphatic carbocycles. The molecule has 1 aliphatic heterocycles. The fraction of sp³-hybridized carbons (Fsp3) is 0.211. The third kappa shape index (κ3) is 3.87. The lowest BCUT2D eigenvalue weighted by Crippen LogP contribution is -2.38. The van der Waals surface area contributed by atoms with Gasteiger partial charge in [0, 0.05) is 18.0 Å². The maximum Gasteiger partial charge on any atom is 0.341 e. The molecule has 0 radical (unpaired) electrons. The molecule has 5 amide bonds. The molecule has 0 atom stereocenters. The number of carbonyl (C=O) groups is 5. The van der Waals surface area contributed by atoms with Gasteiger partial charge in [0.25, 0.3) is 0 Å². The van der Waals surface area contributed by atoms with Crippen molar-refractivity contribution in [3.63, 3.8) is 0 Å². The van der Waals surface area contributed by atoms with Gasteiger partial charge in [-0.3, -0.25) is 19.3 Å². The summed E-state index contributed by atoms with van der Waals surface area (Å²) >= 11 is 1.12. The molecular formula is C19H17N3O6S. The first-order valence-corrected chi connectivity index (χ1v) is 9.50. The summed E-state index contributed by atoms with van der Waals surface area (Å²) < 4.78 is 5.11. The van der Waals surface area contributed by atoms with E-state index < -0.39 is 36.3 Å². The Morgan fingerprint density at radius 3 is 2.38 bits per heavy atom. The third-order valence-electron chi connectivity index (χ3n) is 4.16. The molecule has 0 bridgehead atoms. The van der Waals surface area contributed by atoms with Crippen LogP contribution in [0, 0.1) is 0 Å². The molecule has 1 aromatic carbocycles. The highest BCUT2D eigenvalue weighted by Gasteiger charge is 2.43. The van der Waals surface area contributed by atoms with Crippen molar-refractivity contribution >= 4 is 46.1 Å². The zero-order chi connectivity index (χ0) is 21.1. The Balaban J connectivity index is 1.85. The molecule has 2 aromatic rings. The van der Waals surface area contributed by atoms with E-state index in [0.717, 1.165) is 23.9 Å². The standard InChI is InChI=1S/C19H17N3O6S/c1-3-28-18(26)14-12(11-7-5-4-6-8-11)10-29-15(14)20-13(23)9-22-17(25)16(24)21(2)19(22)27/h4-8,10H,3,9H2,1-2H3,(H,20,23). The van der Waals surface area contributed by atoms with Crippen molar-refractivity contribution in [3.8, 4) is 11.1 Å². The first-order valence-electron chi connectivity index (χ1n) is 8.62. The van der Waals surface area contributed by atoms with E-state index >= 15 is 0 Å². The molecule has 150 valence electrons. The summed E-state index contributed by atoms with van der Waals surface area (Å²) in [4.78, 5) is 61.4. The van der Waals surface area contributed by atoms with Crippen molar-refractivity contribution in [1.29, 1.82) is 0 Å². The molecule has 0 spiro atoms. The van der Waals surface area contributed by atoms with Gasteiger partial charge in [-0.2, -0.15) is 0 Å². The van der Waals surface area contributed by atoms with Gasteiger partial charge in [-0.15, -0.1) is 11.3 Å². The highest BCUT2D eigenvalue weighted by atomic mass is 32.1. The number of amides is 5. The summed E-state index contributed by atoms with van der Waals surface area (Å²) in [5.41, 5.74) is 1.54.